The first-order chi connectivity index (χ1) is 16.6. The molecule has 182 valence electrons. The van der Waals surface area contributed by atoms with Gasteiger partial charge in [-0.2, -0.15) is 13.2 Å². The van der Waals surface area contributed by atoms with E-state index in [0.717, 1.165) is 23.9 Å². The summed E-state index contributed by atoms with van der Waals surface area (Å²) in [6, 6.07) is 11.5. The maximum absolute atomic E-state index is 13.0. The van der Waals surface area contributed by atoms with Gasteiger partial charge in [0.2, 0.25) is 0 Å². The minimum Gasteiger partial charge on any atom is -0.469 e. The van der Waals surface area contributed by atoms with Gasteiger partial charge in [-0.1, -0.05) is 30.3 Å². The molecule has 0 saturated heterocycles. The quantitative estimate of drug-likeness (QED) is 0.290. The van der Waals surface area contributed by atoms with E-state index in [1.165, 1.54) is 19.2 Å². The zero-order valence-corrected chi connectivity index (χ0v) is 19.1. The largest absolute Gasteiger partial charge is 0.469 e. The van der Waals surface area contributed by atoms with Gasteiger partial charge in [0.05, 0.1) is 29.9 Å². The molecule has 9 heteroatoms. The Morgan fingerprint density at radius 2 is 1.77 bits per heavy atom. The van der Waals surface area contributed by atoms with Crippen LogP contribution in [0.2, 0.25) is 0 Å². The Morgan fingerprint density at radius 3 is 2.34 bits per heavy atom. The van der Waals surface area contributed by atoms with Crippen molar-refractivity contribution in [2.24, 2.45) is 0 Å². The third-order valence-corrected chi connectivity index (χ3v) is 5.50. The number of esters is 1. The third-order valence-electron chi connectivity index (χ3n) is 5.50. The van der Waals surface area contributed by atoms with Gasteiger partial charge in [-0.3, -0.25) is 9.59 Å². The first-order valence-corrected chi connectivity index (χ1v) is 10.7. The fourth-order valence-electron chi connectivity index (χ4n) is 3.52. The van der Waals surface area contributed by atoms with Crippen LogP contribution in [0.15, 0.2) is 83.7 Å². The van der Waals surface area contributed by atoms with Crippen molar-refractivity contribution < 1.29 is 27.5 Å². The Balaban J connectivity index is 1.79. The minimum atomic E-state index is -4.42. The van der Waals surface area contributed by atoms with Crippen molar-refractivity contribution in [3.8, 4) is 0 Å². The molecule has 1 amide bonds. The topological polar surface area (TPSA) is 91.3 Å². The van der Waals surface area contributed by atoms with E-state index in [0.29, 0.717) is 22.5 Å². The predicted octanol–water partition coefficient (Wildman–Crippen LogP) is 5.11. The normalized spacial score (nSPS) is 15.4. The van der Waals surface area contributed by atoms with E-state index in [9.17, 15) is 22.8 Å². The Bertz CT molecular complexity index is 1200. The number of rotatable bonds is 7. The molecule has 1 heterocycles. The molecule has 2 aromatic rings. The van der Waals surface area contributed by atoms with Gasteiger partial charge < -0.3 is 20.8 Å². The summed E-state index contributed by atoms with van der Waals surface area (Å²) in [5.41, 5.74) is 2.16. The Kier molecular flexibility index (Phi) is 7.91. The van der Waals surface area contributed by atoms with Gasteiger partial charge in [0, 0.05) is 18.1 Å². The fourth-order valence-corrected chi connectivity index (χ4v) is 3.52. The van der Waals surface area contributed by atoms with Gasteiger partial charge in [-0.25, -0.2) is 0 Å². The van der Waals surface area contributed by atoms with E-state index in [2.05, 4.69) is 10.6 Å². The molecule has 35 heavy (non-hydrogen) atoms. The summed E-state index contributed by atoms with van der Waals surface area (Å²) < 4.78 is 43.3. The van der Waals surface area contributed by atoms with E-state index in [4.69, 9.17) is 10.1 Å². The van der Waals surface area contributed by atoms with E-state index in [-0.39, 0.29) is 18.0 Å². The molecule has 0 radical (unpaired) electrons. The van der Waals surface area contributed by atoms with Crippen molar-refractivity contribution in [3.05, 3.63) is 100 Å². The molecule has 1 aliphatic rings. The molecule has 1 aliphatic heterocycles. The van der Waals surface area contributed by atoms with Gasteiger partial charge in [-0.15, -0.1) is 0 Å². The highest BCUT2D eigenvalue weighted by Crippen LogP contribution is 2.30. The van der Waals surface area contributed by atoms with Crippen LogP contribution in [-0.4, -0.2) is 25.2 Å². The van der Waals surface area contributed by atoms with Crippen molar-refractivity contribution in [3.63, 3.8) is 0 Å². The zero-order chi connectivity index (χ0) is 25.6. The molecule has 1 unspecified atom stereocenters. The number of hydrogen-bond donors (Lipinski definition) is 3. The summed E-state index contributed by atoms with van der Waals surface area (Å²) in [6.45, 7) is 1.71. The minimum absolute atomic E-state index is 0.0551. The summed E-state index contributed by atoms with van der Waals surface area (Å²) in [4.78, 5) is 24.7. The van der Waals surface area contributed by atoms with E-state index >= 15 is 0 Å². The lowest BCUT2D eigenvalue weighted by molar-refractivity contribution is -0.142. The molecule has 6 nitrogen and oxygen atoms in total. The number of ether oxygens (including phenoxy) is 1. The fraction of sp³-hybridized carbons (Fsp3) is 0.192. The van der Waals surface area contributed by atoms with Gasteiger partial charge >= 0.3 is 12.1 Å². The lowest BCUT2D eigenvalue weighted by atomic mass is 9.96. The maximum atomic E-state index is 13.0. The van der Waals surface area contributed by atoms with Crippen molar-refractivity contribution in [2.45, 2.75) is 25.4 Å². The van der Waals surface area contributed by atoms with Gasteiger partial charge in [0.1, 0.15) is 0 Å². The molecule has 0 saturated carbocycles. The van der Waals surface area contributed by atoms with Gasteiger partial charge in [-0.05, 0) is 60.4 Å². The van der Waals surface area contributed by atoms with Crippen molar-refractivity contribution in [2.75, 3.05) is 12.4 Å². The van der Waals surface area contributed by atoms with Crippen LogP contribution < -0.4 is 10.6 Å². The number of carbonyl (C=O) groups excluding carboxylic acids is 2. The molecule has 2 aromatic carbocycles. The molecule has 0 spiro atoms. The summed E-state index contributed by atoms with van der Waals surface area (Å²) in [5.74, 6) is -1.37. The molecular weight excluding hydrogens is 459 g/mol. The van der Waals surface area contributed by atoms with E-state index in [1.807, 2.05) is 0 Å². The summed E-state index contributed by atoms with van der Waals surface area (Å²) >= 11 is 0. The number of hydrogen-bond acceptors (Lipinski definition) is 5. The Morgan fingerprint density at radius 1 is 1.11 bits per heavy atom. The van der Waals surface area contributed by atoms with Crippen molar-refractivity contribution >= 4 is 23.8 Å². The second-order valence-corrected chi connectivity index (χ2v) is 7.82. The monoisotopic (exact) mass is 483 g/mol. The predicted molar refractivity (Wildman–Crippen MR) is 127 cm³/mol. The summed E-state index contributed by atoms with van der Waals surface area (Å²) in [6.07, 6.45) is 1.82. The number of halogens is 3. The highest BCUT2D eigenvalue weighted by atomic mass is 19.4. The average molecular weight is 483 g/mol. The Labute approximate surface area is 200 Å². The number of methoxy groups -OCH3 is 1. The van der Waals surface area contributed by atoms with Crippen LogP contribution in [0.25, 0.3) is 0 Å². The number of dihydropyridines is 1. The SMILES string of the molecule is COC(=O)C(C)c1ccc(NC(=O)/C(C=N)=C2/NC=CC=C2Cc2ccc(C(F)(F)F)cc2)cc1. The number of anilines is 1. The number of carbonyl (C=O) groups is 2. The van der Waals surface area contributed by atoms with Crippen LogP contribution in [0.5, 0.6) is 0 Å². The van der Waals surface area contributed by atoms with Gasteiger partial charge in [0.15, 0.2) is 0 Å². The van der Waals surface area contributed by atoms with Crippen LogP contribution in [0, 0.1) is 5.41 Å². The molecule has 0 aliphatic carbocycles. The lowest BCUT2D eigenvalue weighted by Crippen LogP contribution is -2.23. The van der Waals surface area contributed by atoms with Gasteiger partial charge in [0.25, 0.3) is 5.91 Å². The summed E-state index contributed by atoms with van der Waals surface area (Å²) in [7, 11) is 1.31. The lowest BCUT2D eigenvalue weighted by Gasteiger charge is -2.19. The zero-order valence-electron chi connectivity index (χ0n) is 19.1. The second kappa shape index (κ2) is 10.9. The van der Waals surface area contributed by atoms with Crippen molar-refractivity contribution in [1.29, 1.82) is 5.41 Å². The highest BCUT2D eigenvalue weighted by molar-refractivity contribution is 6.18. The van der Waals surface area contributed by atoms with E-state index < -0.39 is 23.6 Å². The Hall–Kier alpha value is -4.14. The molecule has 0 bridgehead atoms. The number of amides is 1. The van der Waals surface area contributed by atoms with Crippen LogP contribution in [0.1, 0.15) is 29.5 Å². The smallest absolute Gasteiger partial charge is 0.416 e. The summed E-state index contributed by atoms with van der Waals surface area (Å²) in [5, 5.41) is 13.5. The third kappa shape index (κ3) is 6.26. The number of alkyl halides is 3. The standard InChI is InChI=1S/C26H24F3N3O3/c1-16(25(34)35-2)18-7-11-21(12-8-18)32-24(33)22(15-30)23-19(4-3-13-31-23)14-17-5-9-20(10-6-17)26(27,28)29/h3-13,15-16,30-31H,14H2,1-2H3,(H,32,33)/b23-22+,30-15?. The molecule has 0 fully saturated rings. The number of nitrogens with one attached hydrogen (secondary N) is 3. The van der Waals surface area contributed by atoms with Crippen LogP contribution in [-0.2, 0) is 26.9 Å². The molecule has 3 N–H and O–H groups in total. The second-order valence-electron chi connectivity index (χ2n) is 7.82. The molecule has 1 atom stereocenters. The first-order valence-electron chi connectivity index (χ1n) is 10.7. The van der Waals surface area contributed by atoms with Crippen LogP contribution in [0.4, 0.5) is 18.9 Å². The molecular formula is C26H24F3N3O3. The maximum Gasteiger partial charge on any atom is 0.416 e. The number of allylic oxidation sites excluding steroid dienone is 3. The van der Waals surface area contributed by atoms with Crippen LogP contribution >= 0.6 is 0 Å². The molecule has 0 aromatic heterocycles. The van der Waals surface area contributed by atoms with Crippen molar-refractivity contribution in [1.82, 2.24) is 5.32 Å². The van der Waals surface area contributed by atoms with E-state index in [1.54, 1.807) is 49.5 Å². The molecule has 3 rings (SSSR count). The average Bonchev–Trinajstić information content (AvgIpc) is 2.85. The number of benzene rings is 2. The highest BCUT2D eigenvalue weighted by Gasteiger charge is 2.30. The first kappa shape index (κ1) is 25.5. The van der Waals surface area contributed by atoms with Crippen LogP contribution in [0.3, 0.4) is 0 Å².